The average Bonchev–Trinajstić information content (AvgIpc) is 3.19. The van der Waals surface area contributed by atoms with Gasteiger partial charge in [0.15, 0.2) is 17.5 Å². The Hall–Kier alpha value is -2.19. The highest BCUT2D eigenvalue weighted by molar-refractivity contribution is 7.09. The van der Waals surface area contributed by atoms with Crippen LogP contribution in [0.1, 0.15) is 44.0 Å². The number of ether oxygens (including phenoxy) is 2. The SMILES string of the molecule is CCNC(=NCC(CC)Oc1ccccc1F)N(C)Cc1csc(C(C)OC)n1. The third kappa shape index (κ3) is 6.97. The number of halogens is 1. The van der Waals surface area contributed by atoms with Crippen LogP contribution < -0.4 is 10.1 Å². The monoisotopic (exact) mass is 422 g/mol. The molecule has 2 atom stereocenters. The molecule has 0 amide bonds. The van der Waals surface area contributed by atoms with Crippen LogP contribution in [0.15, 0.2) is 34.6 Å². The van der Waals surface area contributed by atoms with Crippen LogP contribution in [0.3, 0.4) is 0 Å². The minimum atomic E-state index is -0.358. The molecular formula is C21H31FN4O2S. The second-order valence-corrected chi connectivity index (χ2v) is 7.57. The first kappa shape index (κ1) is 23.1. The summed E-state index contributed by atoms with van der Waals surface area (Å²) in [6.07, 6.45) is 0.509. The van der Waals surface area contributed by atoms with Crippen molar-refractivity contribution in [3.8, 4) is 5.75 Å². The van der Waals surface area contributed by atoms with Gasteiger partial charge in [0, 0.05) is 26.1 Å². The molecule has 0 fully saturated rings. The van der Waals surface area contributed by atoms with E-state index in [1.54, 1.807) is 36.6 Å². The third-order valence-electron chi connectivity index (χ3n) is 4.40. The minimum absolute atomic E-state index is 0.0122. The van der Waals surface area contributed by atoms with Gasteiger partial charge in [0.1, 0.15) is 17.2 Å². The Morgan fingerprint density at radius 1 is 1.34 bits per heavy atom. The van der Waals surface area contributed by atoms with Crippen molar-refractivity contribution in [2.45, 2.75) is 45.9 Å². The van der Waals surface area contributed by atoms with Crippen molar-refractivity contribution in [1.29, 1.82) is 0 Å². The molecule has 1 heterocycles. The van der Waals surface area contributed by atoms with Crippen molar-refractivity contribution in [3.63, 3.8) is 0 Å². The van der Waals surface area contributed by atoms with E-state index in [0.29, 0.717) is 13.1 Å². The summed E-state index contributed by atoms with van der Waals surface area (Å²) in [4.78, 5) is 11.4. The Balaban J connectivity index is 2.03. The molecular weight excluding hydrogens is 391 g/mol. The molecule has 0 radical (unpaired) electrons. The van der Waals surface area contributed by atoms with Crippen LogP contribution in [0.25, 0.3) is 0 Å². The van der Waals surface area contributed by atoms with Gasteiger partial charge >= 0.3 is 0 Å². The summed E-state index contributed by atoms with van der Waals surface area (Å²) in [5.74, 6) is 0.663. The molecule has 0 bridgehead atoms. The number of nitrogens with one attached hydrogen (secondary N) is 1. The first-order valence-electron chi connectivity index (χ1n) is 9.86. The Labute approximate surface area is 176 Å². The van der Waals surface area contributed by atoms with E-state index in [4.69, 9.17) is 14.5 Å². The lowest BCUT2D eigenvalue weighted by atomic mass is 10.2. The molecule has 0 saturated carbocycles. The zero-order valence-electron chi connectivity index (χ0n) is 17.8. The standard InChI is InChI=1S/C21H31FN4O2S/c1-6-17(28-19-11-9-8-10-18(19)22)12-24-21(23-7-2)26(4)13-16-14-29-20(25-16)15(3)27-5/h8-11,14-15,17H,6-7,12-13H2,1-5H3,(H,23,24). The summed E-state index contributed by atoms with van der Waals surface area (Å²) in [7, 11) is 3.65. The number of hydrogen-bond donors (Lipinski definition) is 1. The lowest BCUT2D eigenvalue weighted by Crippen LogP contribution is -2.39. The molecule has 1 aromatic carbocycles. The summed E-state index contributed by atoms with van der Waals surface area (Å²) >= 11 is 1.60. The van der Waals surface area contributed by atoms with Crippen molar-refractivity contribution in [2.75, 3.05) is 27.2 Å². The van der Waals surface area contributed by atoms with Gasteiger partial charge in [0.05, 0.1) is 18.8 Å². The van der Waals surface area contributed by atoms with Gasteiger partial charge in [-0.15, -0.1) is 11.3 Å². The fourth-order valence-corrected chi connectivity index (χ4v) is 3.47. The Morgan fingerprint density at radius 2 is 2.10 bits per heavy atom. The number of hydrogen-bond acceptors (Lipinski definition) is 5. The largest absolute Gasteiger partial charge is 0.485 e. The van der Waals surface area contributed by atoms with Gasteiger partial charge < -0.3 is 19.7 Å². The molecule has 2 rings (SSSR count). The first-order chi connectivity index (χ1) is 14.0. The van der Waals surface area contributed by atoms with Crippen LogP contribution in [0.2, 0.25) is 0 Å². The summed E-state index contributed by atoms with van der Waals surface area (Å²) < 4.78 is 25.0. The van der Waals surface area contributed by atoms with E-state index in [1.165, 1.54) is 6.07 Å². The predicted octanol–water partition coefficient (Wildman–Crippen LogP) is 4.24. The van der Waals surface area contributed by atoms with E-state index in [9.17, 15) is 4.39 Å². The Kier molecular flexibility index (Phi) is 9.34. The van der Waals surface area contributed by atoms with E-state index in [-0.39, 0.29) is 23.8 Å². The number of methoxy groups -OCH3 is 1. The van der Waals surface area contributed by atoms with E-state index in [2.05, 4.69) is 10.3 Å². The van der Waals surface area contributed by atoms with Gasteiger partial charge in [-0.05, 0) is 32.4 Å². The number of aliphatic imine (C=N–C) groups is 1. The first-order valence-corrected chi connectivity index (χ1v) is 10.7. The normalized spacial score (nSPS) is 13.8. The smallest absolute Gasteiger partial charge is 0.194 e. The summed E-state index contributed by atoms with van der Waals surface area (Å²) in [6, 6.07) is 6.45. The number of benzene rings is 1. The van der Waals surface area contributed by atoms with Crippen molar-refractivity contribution in [3.05, 3.63) is 46.2 Å². The highest BCUT2D eigenvalue weighted by Gasteiger charge is 2.15. The maximum absolute atomic E-state index is 13.9. The zero-order chi connectivity index (χ0) is 21.2. The van der Waals surface area contributed by atoms with Crippen molar-refractivity contribution in [1.82, 2.24) is 15.2 Å². The van der Waals surface area contributed by atoms with Gasteiger partial charge in [-0.1, -0.05) is 19.1 Å². The van der Waals surface area contributed by atoms with Crippen molar-refractivity contribution >= 4 is 17.3 Å². The molecule has 1 N–H and O–H groups in total. The van der Waals surface area contributed by atoms with Gasteiger partial charge in [-0.3, -0.25) is 0 Å². The lowest BCUT2D eigenvalue weighted by Gasteiger charge is -2.22. The van der Waals surface area contributed by atoms with E-state index in [1.807, 2.05) is 38.1 Å². The van der Waals surface area contributed by atoms with Crippen LogP contribution in [0.5, 0.6) is 5.75 Å². The van der Waals surface area contributed by atoms with Crippen molar-refractivity contribution < 1.29 is 13.9 Å². The van der Waals surface area contributed by atoms with Crippen LogP contribution in [-0.4, -0.2) is 49.2 Å². The molecule has 0 spiro atoms. The van der Waals surface area contributed by atoms with E-state index >= 15 is 0 Å². The van der Waals surface area contributed by atoms with Crippen LogP contribution in [-0.2, 0) is 11.3 Å². The van der Waals surface area contributed by atoms with Gasteiger partial charge in [0.2, 0.25) is 0 Å². The Morgan fingerprint density at radius 3 is 2.76 bits per heavy atom. The molecule has 0 aliphatic carbocycles. The second-order valence-electron chi connectivity index (χ2n) is 6.68. The zero-order valence-corrected chi connectivity index (χ0v) is 18.6. The fourth-order valence-electron chi connectivity index (χ4n) is 2.63. The number of nitrogens with zero attached hydrogens (tertiary/aromatic N) is 3. The summed E-state index contributed by atoms with van der Waals surface area (Å²) in [5.41, 5.74) is 0.969. The number of guanidine groups is 1. The highest BCUT2D eigenvalue weighted by Crippen LogP contribution is 2.21. The maximum atomic E-state index is 13.9. The lowest BCUT2D eigenvalue weighted by molar-refractivity contribution is 0.119. The fraction of sp³-hybridized carbons (Fsp3) is 0.524. The molecule has 0 aliphatic rings. The van der Waals surface area contributed by atoms with Crippen molar-refractivity contribution in [2.24, 2.45) is 4.99 Å². The third-order valence-corrected chi connectivity index (χ3v) is 5.45. The number of thiazole rings is 1. The van der Waals surface area contributed by atoms with E-state index < -0.39 is 0 Å². The van der Waals surface area contributed by atoms with Crippen LogP contribution in [0.4, 0.5) is 4.39 Å². The molecule has 1 aromatic heterocycles. The molecule has 0 aliphatic heterocycles. The molecule has 2 aromatic rings. The number of aromatic nitrogens is 1. The minimum Gasteiger partial charge on any atom is -0.485 e. The maximum Gasteiger partial charge on any atom is 0.194 e. The van der Waals surface area contributed by atoms with Gasteiger partial charge in [0.25, 0.3) is 0 Å². The second kappa shape index (κ2) is 11.7. The molecule has 8 heteroatoms. The Bertz CT molecular complexity index is 784. The molecule has 2 unspecified atom stereocenters. The van der Waals surface area contributed by atoms with Gasteiger partial charge in [-0.2, -0.15) is 0 Å². The molecule has 160 valence electrons. The summed E-state index contributed by atoms with van der Waals surface area (Å²) in [5, 5.41) is 6.30. The van der Waals surface area contributed by atoms with Gasteiger partial charge in [-0.25, -0.2) is 14.4 Å². The summed E-state index contributed by atoms with van der Waals surface area (Å²) in [6.45, 7) is 7.82. The quantitative estimate of drug-likeness (QED) is 0.458. The van der Waals surface area contributed by atoms with Crippen LogP contribution >= 0.6 is 11.3 Å². The van der Waals surface area contributed by atoms with Crippen LogP contribution in [0, 0.1) is 5.82 Å². The van der Waals surface area contributed by atoms with E-state index in [0.717, 1.165) is 29.6 Å². The number of para-hydroxylation sites is 1. The molecule has 29 heavy (non-hydrogen) atoms. The molecule has 0 saturated heterocycles. The molecule has 6 nitrogen and oxygen atoms in total. The topological polar surface area (TPSA) is 59.0 Å². The highest BCUT2D eigenvalue weighted by atomic mass is 32.1. The number of rotatable bonds is 10. The average molecular weight is 423 g/mol. The predicted molar refractivity (Wildman–Crippen MR) is 116 cm³/mol.